The lowest BCUT2D eigenvalue weighted by Gasteiger charge is -2.19. The van der Waals surface area contributed by atoms with E-state index in [2.05, 4.69) is 15.0 Å². The van der Waals surface area contributed by atoms with E-state index >= 15 is 0 Å². The molecule has 0 aliphatic rings. The Morgan fingerprint density at radius 2 is 2.11 bits per heavy atom. The van der Waals surface area contributed by atoms with Gasteiger partial charge in [0.15, 0.2) is 0 Å². The largest absolute Gasteiger partial charge is 0.467 e. The minimum absolute atomic E-state index is 0.0828. The molecule has 1 unspecified atom stereocenters. The van der Waals surface area contributed by atoms with Crippen LogP contribution in [0.4, 0.5) is 0 Å². The lowest BCUT2D eigenvalue weighted by molar-refractivity contribution is -0.144. The molecule has 1 rings (SSSR count). The van der Waals surface area contributed by atoms with E-state index in [1.165, 1.54) is 19.4 Å². The van der Waals surface area contributed by atoms with E-state index in [0.717, 1.165) is 0 Å². The number of carbonyl (C=O) groups excluding carboxylic acids is 2. The Balaban J connectivity index is 2.82. The van der Waals surface area contributed by atoms with Crippen LogP contribution in [0.1, 0.15) is 24.3 Å². The monoisotopic (exact) mass is 270 g/mol. The van der Waals surface area contributed by atoms with Crippen molar-refractivity contribution in [1.29, 1.82) is 0 Å². The van der Waals surface area contributed by atoms with Crippen molar-refractivity contribution < 1.29 is 14.3 Å². The Hall–Kier alpha value is -1.62. The van der Waals surface area contributed by atoms with Gasteiger partial charge in [-0.2, -0.15) is 0 Å². The molecule has 0 aliphatic heterocycles. The molecule has 0 saturated carbocycles. The van der Waals surface area contributed by atoms with Crippen molar-refractivity contribution in [1.82, 2.24) is 10.3 Å². The minimum atomic E-state index is -0.705. The summed E-state index contributed by atoms with van der Waals surface area (Å²) in [5.41, 5.74) is 0.164. The summed E-state index contributed by atoms with van der Waals surface area (Å²) >= 11 is 5.77. The van der Waals surface area contributed by atoms with Gasteiger partial charge < -0.3 is 10.1 Å². The molecule has 1 aromatic heterocycles. The maximum atomic E-state index is 11.9. The zero-order valence-corrected chi connectivity index (χ0v) is 11.2. The Kier molecular flexibility index (Phi) is 5.09. The summed E-state index contributed by atoms with van der Waals surface area (Å²) in [6.07, 6.45) is 1.43. The number of pyridine rings is 1. The van der Waals surface area contributed by atoms with Gasteiger partial charge in [0.05, 0.1) is 7.11 Å². The van der Waals surface area contributed by atoms with Crippen molar-refractivity contribution in [3.05, 3.63) is 29.0 Å². The van der Waals surface area contributed by atoms with Gasteiger partial charge in [-0.3, -0.25) is 9.78 Å². The first kappa shape index (κ1) is 14.4. The van der Waals surface area contributed by atoms with Gasteiger partial charge in [0, 0.05) is 11.2 Å². The van der Waals surface area contributed by atoms with Gasteiger partial charge in [0.1, 0.15) is 11.7 Å². The molecule has 0 radical (unpaired) electrons. The second-order valence-corrected chi connectivity index (χ2v) is 4.51. The summed E-state index contributed by atoms with van der Waals surface area (Å²) in [6, 6.07) is 2.30. The fourth-order valence-electron chi connectivity index (χ4n) is 1.37. The van der Waals surface area contributed by atoms with Gasteiger partial charge >= 0.3 is 5.97 Å². The van der Waals surface area contributed by atoms with Crippen molar-refractivity contribution in [3.8, 4) is 0 Å². The first-order valence-corrected chi connectivity index (χ1v) is 5.83. The highest BCUT2D eigenvalue weighted by atomic mass is 35.5. The summed E-state index contributed by atoms with van der Waals surface area (Å²) < 4.78 is 4.63. The van der Waals surface area contributed by atoms with E-state index < -0.39 is 17.9 Å². The Bertz CT molecular complexity index is 449. The van der Waals surface area contributed by atoms with Crippen molar-refractivity contribution in [2.24, 2.45) is 5.92 Å². The Morgan fingerprint density at radius 1 is 1.44 bits per heavy atom. The van der Waals surface area contributed by atoms with Crippen LogP contribution >= 0.6 is 11.6 Å². The van der Waals surface area contributed by atoms with Gasteiger partial charge in [-0.15, -0.1) is 0 Å². The average Bonchev–Trinajstić information content (AvgIpc) is 2.34. The summed E-state index contributed by atoms with van der Waals surface area (Å²) in [7, 11) is 1.28. The van der Waals surface area contributed by atoms with Gasteiger partial charge in [0.25, 0.3) is 5.91 Å². The Labute approximate surface area is 110 Å². The van der Waals surface area contributed by atoms with Crippen LogP contribution in [0.2, 0.25) is 5.02 Å². The number of aromatic nitrogens is 1. The predicted octanol–water partition coefficient (Wildman–Crippen LogP) is 1.66. The lowest BCUT2D eigenvalue weighted by atomic mass is 10.0. The van der Waals surface area contributed by atoms with E-state index in [1.54, 1.807) is 6.07 Å². The van der Waals surface area contributed by atoms with Gasteiger partial charge in [-0.05, 0) is 18.1 Å². The minimum Gasteiger partial charge on any atom is -0.467 e. The maximum Gasteiger partial charge on any atom is 0.328 e. The molecular weight excluding hydrogens is 256 g/mol. The molecule has 1 aromatic rings. The van der Waals surface area contributed by atoms with Crippen molar-refractivity contribution in [3.63, 3.8) is 0 Å². The quantitative estimate of drug-likeness (QED) is 0.845. The Morgan fingerprint density at radius 3 is 2.61 bits per heavy atom. The van der Waals surface area contributed by atoms with Crippen LogP contribution in [0.5, 0.6) is 0 Å². The first-order valence-electron chi connectivity index (χ1n) is 5.46. The molecule has 0 spiro atoms. The normalized spacial score (nSPS) is 12.1. The van der Waals surface area contributed by atoms with Crippen LogP contribution in [-0.4, -0.2) is 30.0 Å². The number of esters is 1. The van der Waals surface area contributed by atoms with E-state index in [-0.39, 0.29) is 11.6 Å². The predicted molar refractivity (Wildman–Crippen MR) is 67.4 cm³/mol. The van der Waals surface area contributed by atoms with Crippen LogP contribution in [-0.2, 0) is 9.53 Å². The fourth-order valence-corrected chi connectivity index (χ4v) is 1.53. The topological polar surface area (TPSA) is 68.3 Å². The van der Waals surface area contributed by atoms with Crippen LogP contribution in [0.15, 0.2) is 18.3 Å². The van der Waals surface area contributed by atoms with Crippen LogP contribution in [0.3, 0.4) is 0 Å². The SMILES string of the molecule is COC(=O)C(NC(=O)c1cc(Cl)ccn1)C(C)C. The van der Waals surface area contributed by atoms with Gasteiger partial charge in [-0.25, -0.2) is 4.79 Å². The second kappa shape index (κ2) is 6.35. The number of ether oxygens (including phenoxy) is 1. The molecule has 6 heteroatoms. The maximum absolute atomic E-state index is 11.9. The molecule has 1 heterocycles. The number of rotatable bonds is 4. The van der Waals surface area contributed by atoms with E-state index in [1.807, 2.05) is 13.8 Å². The third-order valence-corrected chi connectivity index (χ3v) is 2.60. The number of hydrogen-bond donors (Lipinski definition) is 1. The third-order valence-electron chi connectivity index (χ3n) is 2.36. The number of nitrogens with one attached hydrogen (secondary N) is 1. The summed E-state index contributed by atoms with van der Waals surface area (Å²) in [6.45, 7) is 3.63. The van der Waals surface area contributed by atoms with Crippen LogP contribution in [0, 0.1) is 5.92 Å². The number of nitrogens with zero attached hydrogens (tertiary/aromatic N) is 1. The van der Waals surface area contributed by atoms with Crippen molar-refractivity contribution in [2.45, 2.75) is 19.9 Å². The molecular formula is C12H15ClN2O3. The highest BCUT2D eigenvalue weighted by Crippen LogP contribution is 2.09. The molecule has 98 valence electrons. The summed E-state index contributed by atoms with van der Waals surface area (Å²) in [5, 5.41) is 2.99. The molecule has 1 atom stereocenters. The summed E-state index contributed by atoms with van der Waals surface area (Å²) in [4.78, 5) is 27.3. The number of methoxy groups -OCH3 is 1. The summed E-state index contributed by atoms with van der Waals surface area (Å²) in [5.74, 6) is -1.03. The molecule has 0 saturated heterocycles. The molecule has 5 nitrogen and oxygen atoms in total. The van der Waals surface area contributed by atoms with Crippen molar-refractivity contribution >= 4 is 23.5 Å². The molecule has 1 amide bonds. The smallest absolute Gasteiger partial charge is 0.328 e. The number of hydrogen-bond acceptors (Lipinski definition) is 4. The second-order valence-electron chi connectivity index (χ2n) is 4.08. The molecule has 0 bridgehead atoms. The number of amides is 1. The third kappa shape index (κ3) is 3.70. The lowest BCUT2D eigenvalue weighted by Crippen LogP contribution is -2.45. The zero-order valence-electron chi connectivity index (χ0n) is 10.4. The van der Waals surface area contributed by atoms with E-state index in [9.17, 15) is 9.59 Å². The van der Waals surface area contributed by atoms with Crippen LogP contribution < -0.4 is 5.32 Å². The molecule has 1 N–H and O–H groups in total. The van der Waals surface area contributed by atoms with Gasteiger partial charge in [0.2, 0.25) is 0 Å². The highest BCUT2D eigenvalue weighted by Gasteiger charge is 2.25. The molecule has 0 aliphatic carbocycles. The molecule has 0 aromatic carbocycles. The van der Waals surface area contributed by atoms with Gasteiger partial charge in [-0.1, -0.05) is 25.4 Å². The standard InChI is InChI=1S/C12H15ClN2O3/c1-7(2)10(12(17)18-3)15-11(16)9-6-8(13)4-5-14-9/h4-7,10H,1-3H3,(H,15,16). The number of carbonyl (C=O) groups is 2. The average molecular weight is 271 g/mol. The molecule has 18 heavy (non-hydrogen) atoms. The van der Waals surface area contributed by atoms with Crippen LogP contribution in [0.25, 0.3) is 0 Å². The van der Waals surface area contributed by atoms with Crippen molar-refractivity contribution in [2.75, 3.05) is 7.11 Å². The van der Waals surface area contributed by atoms with E-state index in [4.69, 9.17) is 11.6 Å². The first-order chi connectivity index (χ1) is 8.45. The van der Waals surface area contributed by atoms with E-state index in [0.29, 0.717) is 5.02 Å². The zero-order chi connectivity index (χ0) is 13.7. The highest BCUT2D eigenvalue weighted by molar-refractivity contribution is 6.30. The fraction of sp³-hybridized carbons (Fsp3) is 0.417. The number of halogens is 1. The molecule has 0 fully saturated rings.